The van der Waals surface area contributed by atoms with Gasteiger partial charge in [-0.1, -0.05) is 5.16 Å². The van der Waals surface area contributed by atoms with Crippen LogP contribution >= 0.6 is 0 Å². The fourth-order valence-corrected chi connectivity index (χ4v) is 2.75. The van der Waals surface area contributed by atoms with Crippen LogP contribution in [0.2, 0.25) is 0 Å². The lowest BCUT2D eigenvalue weighted by molar-refractivity contribution is 0.247. The van der Waals surface area contributed by atoms with E-state index in [1.54, 1.807) is 6.92 Å². The van der Waals surface area contributed by atoms with Crippen LogP contribution in [-0.2, 0) is 5.54 Å². The average Bonchev–Trinajstić information content (AvgIpc) is 2.89. The second-order valence-corrected chi connectivity index (χ2v) is 5.25. The normalized spacial score (nSPS) is 35.8. The number of aryl methyl sites for hydroxylation is 1. The summed E-state index contributed by atoms with van der Waals surface area (Å²) in [4.78, 5) is 6.78. The molecular formula is C11H18N4O. The molecule has 2 heterocycles. The maximum absolute atomic E-state index is 6.41. The van der Waals surface area contributed by atoms with Crippen molar-refractivity contribution < 1.29 is 4.52 Å². The van der Waals surface area contributed by atoms with Crippen molar-refractivity contribution in [2.75, 3.05) is 6.54 Å². The Morgan fingerprint density at radius 3 is 2.81 bits per heavy atom. The van der Waals surface area contributed by atoms with Gasteiger partial charge in [0.2, 0.25) is 5.89 Å². The van der Waals surface area contributed by atoms with Gasteiger partial charge in [0.05, 0.1) is 5.54 Å². The molecule has 2 fully saturated rings. The Kier molecular flexibility index (Phi) is 2.09. The molecule has 1 aromatic heterocycles. The highest BCUT2D eigenvalue weighted by Gasteiger charge is 2.48. The molecule has 2 unspecified atom stereocenters. The lowest BCUT2D eigenvalue weighted by Crippen LogP contribution is -2.41. The third-order valence-electron chi connectivity index (χ3n) is 3.68. The quantitative estimate of drug-likeness (QED) is 0.801. The molecule has 3 rings (SSSR count). The first-order valence-corrected chi connectivity index (χ1v) is 5.94. The van der Waals surface area contributed by atoms with E-state index in [1.807, 2.05) is 0 Å². The van der Waals surface area contributed by atoms with Crippen molar-refractivity contribution in [2.24, 2.45) is 5.73 Å². The molecule has 0 aromatic carbocycles. The largest absolute Gasteiger partial charge is 0.340 e. The number of hydrogen-bond donors (Lipinski definition) is 1. The predicted octanol–water partition coefficient (Wildman–Crippen LogP) is 0.789. The summed E-state index contributed by atoms with van der Waals surface area (Å²) in [5, 5.41) is 3.98. The van der Waals surface area contributed by atoms with Crippen LogP contribution in [-0.4, -0.2) is 33.7 Å². The molecule has 1 aromatic rings. The molecule has 1 aliphatic carbocycles. The topological polar surface area (TPSA) is 68.2 Å². The van der Waals surface area contributed by atoms with Gasteiger partial charge >= 0.3 is 0 Å². The van der Waals surface area contributed by atoms with Gasteiger partial charge < -0.3 is 10.3 Å². The molecule has 5 heteroatoms. The number of nitrogens with zero attached hydrogens (tertiary/aromatic N) is 3. The van der Waals surface area contributed by atoms with Crippen molar-refractivity contribution in [2.45, 2.75) is 50.7 Å². The standard InChI is InChI=1S/C11H18N4O/c1-7-5-11(12,6-15(7)9-3-4-9)10-13-8(2)16-14-10/h7,9H,3-6,12H2,1-2H3. The van der Waals surface area contributed by atoms with Gasteiger partial charge in [-0.2, -0.15) is 4.98 Å². The van der Waals surface area contributed by atoms with Crippen LogP contribution in [0.3, 0.4) is 0 Å². The summed E-state index contributed by atoms with van der Waals surface area (Å²) in [5.74, 6) is 1.26. The first-order chi connectivity index (χ1) is 7.58. The van der Waals surface area contributed by atoms with Gasteiger partial charge in [-0.15, -0.1) is 0 Å². The number of likely N-dealkylation sites (tertiary alicyclic amines) is 1. The minimum atomic E-state index is -0.417. The van der Waals surface area contributed by atoms with Gasteiger partial charge in [0.1, 0.15) is 0 Å². The highest BCUT2D eigenvalue weighted by Crippen LogP contribution is 2.39. The molecule has 2 aliphatic rings. The summed E-state index contributed by atoms with van der Waals surface area (Å²) in [6.45, 7) is 4.90. The van der Waals surface area contributed by atoms with E-state index in [1.165, 1.54) is 12.8 Å². The highest BCUT2D eigenvalue weighted by atomic mass is 16.5. The molecule has 0 bridgehead atoms. The summed E-state index contributed by atoms with van der Waals surface area (Å²) < 4.78 is 5.03. The second-order valence-electron chi connectivity index (χ2n) is 5.25. The van der Waals surface area contributed by atoms with Crippen molar-refractivity contribution in [3.05, 3.63) is 11.7 Å². The summed E-state index contributed by atoms with van der Waals surface area (Å²) in [6, 6.07) is 1.27. The van der Waals surface area contributed by atoms with E-state index in [0.717, 1.165) is 19.0 Å². The van der Waals surface area contributed by atoms with Crippen molar-refractivity contribution in [1.82, 2.24) is 15.0 Å². The molecule has 0 radical (unpaired) electrons. The van der Waals surface area contributed by atoms with Crippen molar-refractivity contribution in [1.29, 1.82) is 0 Å². The molecule has 0 spiro atoms. The Labute approximate surface area is 95.0 Å². The molecule has 1 saturated carbocycles. The van der Waals surface area contributed by atoms with Crippen LogP contribution < -0.4 is 5.73 Å². The summed E-state index contributed by atoms with van der Waals surface area (Å²) in [7, 11) is 0. The first kappa shape index (κ1) is 10.2. The molecule has 5 nitrogen and oxygen atoms in total. The molecule has 16 heavy (non-hydrogen) atoms. The van der Waals surface area contributed by atoms with E-state index in [-0.39, 0.29) is 0 Å². The van der Waals surface area contributed by atoms with Crippen LogP contribution in [0.1, 0.15) is 37.9 Å². The molecule has 88 valence electrons. The Bertz CT molecular complexity index is 400. The van der Waals surface area contributed by atoms with E-state index in [9.17, 15) is 0 Å². The Hall–Kier alpha value is -0.940. The lowest BCUT2D eigenvalue weighted by atomic mass is 9.97. The van der Waals surface area contributed by atoms with Crippen LogP contribution in [0, 0.1) is 6.92 Å². The maximum Gasteiger partial charge on any atom is 0.223 e. The van der Waals surface area contributed by atoms with E-state index in [0.29, 0.717) is 17.8 Å². The summed E-state index contributed by atoms with van der Waals surface area (Å²) >= 11 is 0. The highest BCUT2D eigenvalue weighted by molar-refractivity contribution is 5.12. The van der Waals surface area contributed by atoms with E-state index >= 15 is 0 Å². The van der Waals surface area contributed by atoms with Crippen molar-refractivity contribution in [3.63, 3.8) is 0 Å². The fourth-order valence-electron chi connectivity index (χ4n) is 2.75. The zero-order valence-electron chi connectivity index (χ0n) is 9.81. The predicted molar refractivity (Wildman–Crippen MR) is 58.7 cm³/mol. The SMILES string of the molecule is Cc1nc(C2(N)CC(C)N(C3CC3)C2)no1. The van der Waals surface area contributed by atoms with Gasteiger partial charge in [0.25, 0.3) is 0 Å². The van der Waals surface area contributed by atoms with Gasteiger partial charge in [-0.3, -0.25) is 4.90 Å². The molecule has 1 aliphatic heterocycles. The molecule has 2 atom stereocenters. The Morgan fingerprint density at radius 1 is 1.50 bits per heavy atom. The van der Waals surface area contributed by atoms with Gasteiger partial charge in [0.15, 0.2) is 5.82 Å². The van der Waals surface area contributed by atoms with Gasteiger partial charge in [-0.25, -0.2) is 0 Å². The maximum atomic E-state index is 6.41. The van der Waals surface area contributed by atoms with Crippen molar-refractivity contribution in [3.8, 4) is 0 Å². The second kappa shape index (κ2) is 3.28. The minimum absolute atomic E-state index is 0.417. The monoisotopic (exact) mass is 222 g/mol. The van der Waals surface area contributed by atoms with Crippen LogP contribution in [0.15, 0.2) is 4.52 Å². The summed E-state index contributed by atoms with van der Waals surface area (Å²) in [5.41, 5.74) is 6.00. The third kappa shape index (κ3) is 1.55. The van der Waals surface area contributed by atoms with E-state index in [2.05, 4.69) is 22.0 Å². The minimum Gasteiger partial charge on any atom is -0.340 e. The van der Waals surface area contributed by atoms with Crippen LogP contribution in [0.25, 0.3) is 0 Å². The molecule has 1 saturated heterocycles. The zero-order chi connectivity index (χ0) is 11.3. The lowest BCUT2D eigenvalue weighted by Gasteiger charge is -2.21. The molecule has 2 N–H and O–H groups in total. The number of aromatic nitrogens is 2. The van der Waals surface area contributed by atoms with E-state index < -0.39 is 5.54 Å². The summed E-state index contributed by atoms with van der Waals surface area (Å²) in [6.07, 6.45) is 3.54. The van der Waals surface area contributed by atoms with Crippen LogP contribution in [0.5, 0.6) is 0 Å². The number of nitrogens with two attached hydrogens (primary N) is 1. The first-order valence-electron chi connectivity index (χ1n) is 5.94. The van der Waals surface area contributed by atoms with Crippen LogP contribution in [0.4, 0.5) is 0 Å². The average molecular weight is 222 g/mol. The Morgan fingerprint density at radius 2 is 2.25 bits per heavy atom. The third-order valence-corrected chi connectivity index (χ3v) is 3.68. The van der Waals surface area contributed by atoms with Gasteiger partial charge in [-0.05, 0) is 26.2 Å². The fraction of sp³-hybridized carbons (Fsp3) is 0.818. The smallest absolute Gasteiger partial charge is 0.223 e. The molecule has 0 amide bonds. The Balaban J connectivity index is 1.84. The molecular weight excluding hydrogens is 204 g/mol. The number of hydrogen-bond acceptors (Lipinski definition) is 5. The zero-order valence-corrected chi connectivity index (χ0v) is 9.81. The van der Waals surface area contributed by atoms with Gasteiger partial charge in [0, 0.05) is 25.6 Å². The van der Waals surface area contributed by atoms with E-state index in [4.69, 9.17) is 10.3 Å². The van der Waals surface area contributed by atoms with Crippen molar-refractivity contribution >= 4 is 0 Å². The number of rotatable bonds is 2.